The molecule has 28 heteroatoms. The Labute approximate surface area is 799 Å². The van der Waals surface area contributed by atoms with Crippen molar-refractivity contribution in [2.45, 2.75) is 338 Å². The van der Waals surface area contributed by atoms with E-state index in [1.54, 1.807) is 32.1 Å². The van der Waals surface area contributed by atoms with Crippen LogP contribution in [-0.4, -0.2) is 116 Å². The van der Waals surface area contributed by atoms with Crippen molar-refractivity contribution in [2.24, 2.45) is 23.7 Å². The van der Waals surface area contributed by atoms with Crippen LogP contribution in [0.1, 0.15) is 282 Å². The second-order valence-electron chi connectivity index (χ2n) is 37.4. The quantitative estimate of drug-likeness (QED) is 0.0203. The van der Waals surface area contributed by atoms with E-state index in [1.165, 1.54) is 54.9 Å². The van der Waals surface area contributed by atoms with Gasteiger partial charge >= 0.3 is 41.5 Å². The monoisotopic (exact) mass is 1880 g/mol. The van der Waals surface area contributed by atoms with Crippen LogP contribution in [-0.2, 0) is 75.0 Å². The standard InChI is InChI=1S/C32H47NO3SSi.C24H35NO2SSi.C12H11NOS.C12H24O2Si.C8H13ClO.C4H6O4.C2H3BO2.C2H5.Na.V/c1-22-13-15-25(16-14-22)31(35)33(26-17-19-27(20-18-26)36-38(6,7)32(3,4)5)28-21-29(37-30(28)23(2)34)24-11-9-8-10-12-24;1-17(26)23-21(16-22(28-23)18-10-8-7-9-11-18)25-19-12-14-20(15-13-19)27-29(5,6)24(2,3)4;1-8(14)12-10(13)7-11(15-12)9-5-3-2-4-6-9;1-12(2,3)15(4,5)14-11-8-6-10(13)7-9-11;1-6-2-4-7(5-3-6)8(9)10;1-3(5)7-8-4(2)6;1-2(4)5-3;1-2;;/h8-12,21-22,25-27H,13-20H2,1-7H3;7-11,16,19-20,25H,12-15H2,1-6H3;2-7H,13H2,1H3;11H,6-9H2,1-5H3;6-7H,2-5H2,1H3;1-2H3;1H3;1H2,2H3;;/q;;;;;;2*-1;+1;. The van der Waals surface area contributed by atoms with Gasteiger partial charge in [-0.25, -0.2) is 19.4 Å². The van der Waals surface area contributed by atoms with Crippen molar-refractivity contribution in [1.29, 1.82) is 0 Å². The van der Waals surface area contributed by atoms with Gasteiger partial charge in [-0.2, -0.15) is 6.92 Å². The van der Waals surface area contributed by atoms with Crippen LogP contribution in [0.5, 0.6) is 0 Å². The predicted molar refractivity (Wildman–Crippen MR) is 514 cm³/mol. The fourth-order valence-electron chi connectivity index (χ4n) is 14.1. The van der Waals surface area contributed by atoms with Gasteiger partial charge in [0.2, 0.25) is 17.1 Å². The molecule has 124 heavy (non-hydrogen) atoms. The Morgan fingerprint density at radius 3 is 1.12 bits per heavy atom. The number of benzene rings is 3. The summed E-state index contributed by atoms with van der Waals surface area (Å²) in [7, 11) is -0.856. The van der Waals surface area contributed by atoms with E-state index in [1.807, 2.05) is 72.8 Å². The number of halogens is 1. The summed E-state index contributed by atoms with van der Waals surface area (Å²) in [5.74, 6) is 0.791. The van der Waals surface area contributed by atoms with Crippen LogP contribution in [0.15, 0.2) is 109 Å². The van der Waals surface area contributed by atoms with E-state index in [4.69, 9.17) is 30.6 Å². The molecule has 0 unspecified atom stereocenters. The normalized spacial score (nSPS) is 19.7. The molecular weight excluding hydrogens is 1740 g/mol. The number of amides is 1. The van der Waals surface area contributed by atoms with Gasteiger partial charge in [-0.15, -0.1) is 34.0 Å². The molecular formula is C96H144BClN3NaO15S3Si3V-. The molecule has 4 radical (unpaired) electrons. The largest absolute Gasteiger partial charge is 1.00 e. The Morgan fingerprint density at radius 2 is 0.790 bits per heavy atom. The molecule has 5 aliphatic rings. The first-order valence-corrected chi connectivity index (χ1v) is 55.1. The summed E-state index contributed by atoms with van der Waals surface area (Å²) in [6.07, 6.45) is 20.9. The maximum atomic E-state index is 14.3. The minimum absolute atomic E-state index is 0. The zero-order valence-electron chi connectivity index (χ0n) is 79.2. The fourth-order valence-corrected chi connectivity index (χ4v) is 21.6. The molecule has 0 bridgehead atoms. The number of thiophene rings is 3. The maximum Gasteiger partial charge on any atom is 1.00 e. The van der Waals surface area contributed by atoms with Gasteiger partial charge in [-0.1, -0.05) is 167 Å². The molecule has 5 saturated carbocycles. The molecule has 3 aromatic carbocycles. The van der Waals surface area contributed by atoms with Crippen LogP contribution in [0, 0.1) is 30.6 Å². The average Bonchev–Trinajstić information content (AvgIpc) is 1.56. The molecule has 0 atom stereocenters. The third-order valence-electron chi connectivity index (χ3n) is 24.3. The first-order valence-electron chi connectivity index (χ1n) is 43.6. The Hall–Kier alpha value is -4.94. The summed E-state index contributed by atoms with van der Waals surface area (Å²) in [5, 5.41) is 4.26. The van der Waals surface area contributed by atoms with E-state index in [0.717, 1.165) is 177 Å². The van der Waals surface area contributed by atoms with Crippen LogP contribution in [0.25, 0.3) is 31.3 Å². The van der Waals surface area contributed by atoms with E-state index in [-0.39, 0.29) is 116 Å². The summed E-state index contributed by atoms with van der Waals surface area (Å²) >= 11 is 9.93. The van der Waals surface area contributed by atoms with Crippen LogP contribution >= 0.6 is 45.6 Å². The van der Waals surface area contributed by atoms with Crippen molar-refractivity contribution in [1.82, 2.24) is 0 Å². The number of Topliss-reactive ketones (excluding diaryl/α,β-unsaturated/α-hetero) is 4. The van der Waals surface area contributed by atoms with Gasteiger partial charge in [-0.05, 0) is 228 Å². The molecule has 0 saturated heterocycles. The van der Waals surface area contributed by atoms with Gasteiger partial charge in [0.25, 0.3) is 0 Å². The maximum absolute atomic E-state index is 14.3. The predicted octanol–water partition coefficient (Wildman–Crippen LogP) is 23.3. The summed E-state index contributed by atoms with van der Waals surface area (Å²) in [4.78, 5) is 117. The molecule has 5 aliphatic carbocycles. The molecule has 3 aromatic heterocycles. The van der Waals surface area contributed by atoms with Crippen LogP contribution in [0.2, 0.25) is 54.4 Å². The Bertz CT molecular complexity index is 4250. The molecule has 0 spiro atoms. The first kappa shape index (κ1) is 115. The van der Waals surface area contributed by atoms with E-state index >= 15 is 0 Å². The topological polar surface area (TPSA) is 250 Å². The van der Waals surface area contributed by atoms with Gasteiger partial charge < -0.3 is 48.9 Å². The third kappa shape index (κ3) is 38.6. The fraction of sp³-hybridized carbons (Fsp3) is 0.583. The number of carbonyl (C=O) groups excluding carboxylic acids is 9. The number of nitrogens with zero attached hydrogens (tertiary/aromatic N) is 1. The zero-order chi connectivity index (χ0) is 91.8. The number of nitrogens with one attached hydrogen (secondary N) is 1. The van der Waals surface area contributed by atoms with E-state index in [2.05, 4.69) is 191 Å². The molecule has 3 heterocycles. The summed E-state index contributed by atoms with van der Waals surface area (Å²) in [6, 6.07) is 37.1. The molecule has 11 rings (SSSR count). The molecule has 3 N–H and O–H groups in total. The molecule has 680 valence electrons. The summed E-state index contributed by atoms with van der Waals surface area (Å²) in [5.41, 5.74) is 11.5. The van der Waals surface area contributed by atoms with Gasteiger partial charge in [0.15, 0.2) is 42.3 Å². The number of rotatable bonds is 18. The van der Waals surface area contributed by atoms with Gasteiger partial charge in [0.05, 0.1) is 31.7 Å². The van der Waals surface area contributed by atoms with Crippen molar-refractivity contribution in [3.8, 4) is 31.3 Å². The molecule has 1 amide bonds. The SMILES string of the molecule is CC(=O)OOC(C)=O.CC(=O)c1sc(-c2ccccc2)cc1N.CC(=O)c1sc(-c2ccccc2)cc1N(C(=O)C1CCC(C)CC1)C1CCC(O[Si](C)(C)C(C)(C)C)CC1.CC(=O)c1sc(-c2ccccc2)cc1NC1CCC(O[Si](C)(C)C(C)(C)C)CC1.CC(C)(C)[Si](C)(C)OC1CCC(=O)CC1.CC1CCC(C(=O)Cl)CC1.[B-]OC(C)=O.[CH2-]C.[Na+].[V]. The average molecular weight is 1880 g/mol. The van der Waals surface area contributed by atoms with Crippen molar-refractivity contribution in [3.63, 3.8) is 0 Å². The van der Waals surface area contributed by atoms with E-state index in [9.17, 15) is 43.2 Å². The molecule has 0 aliphatic heterocycles. The second kappa shape index (κ2) is 54.6. The van der Waals surface area contributed by atoms with Crippen LogP contribution in [0.4, 0.5) is 17.1 Å². The smallest absolute Gasteiger partial charge is 0.793 e. The van der Waals surface area contributed by atoms with E-state index < -0.39 is 42.9 Å². The van der Waals surface area contributed by atoms with Crippen molar-refractivity contribution < 1.29 is 119 Å². The minimum atomic E-state index is -1.84. The number of carbonyl (C=O) groups is 9. The number of hydrogen-bond donors (Lipinski definition) is 2. The van der Waals surface area contributed by atoms with E-state index in [0.29, 0.717) is 45.4 Å². The Kier molecular flexibility index (Phi) is 50.7. The number of hydrogen-bond acceptors (Lipinski definition) is 20. The van der Waals surface area contributed by atoms with Gasteiger partial charge in [-0.3, -0.25) is 33.6 Å². The van der Waals surface area contributed by atoms with Gasteiger partial charge in [0, 0.05) is 130 Å². The van der Waals surface area contributed by atoms with Crippen molar-refractivity contribution in [3.05, 3.63) is 131 Å². The number of anilines is 3. The summed E-state index contributed by atoms with van der Waals surface area (Å²) < 4.78 is 23.3. The number of ketones is 4. The van der Waals surface area contributed by atoms with Crippen LogP contribution in [0.3, 0.4) is 0 Å². The zero-order valence-corrected chi connectivity index (χ0v) is 88.8. The number of nitrogens with two attached hydrogens (primary N) is 1. The van der Waals surface area contributed by atoms with Crippen molar-refractivity contribution >= 4 is 148 Å². The minimum Gasteiger partial charge on any atom is -0.793 e. The van der Waals surface area contributed by atoms with Crippen molar-refractivity contribution in [2.75, 3.05) is 16.0 Å². The Morgan fingerprint density at radius 1 is 0.468 bits per heavy atom. The van der Waals surface area contributed by atoms with Gasteiger partial charge in [0.1, 0.15) is 5.78 Å². The number of nitrogen functional groups attached to an aromatic ring is 1. The molecule has 6 aromatic rings. The third-order valence-corrected chi connectivity index (χ3v) is 42.1. The van der Waals surface area contributed by atoms with Crippen LogP contribution < -0.4 is 45.5 Å². The molecule has 5 fully saturated rings. The summed E-state index contributed by atoms with van der Waals surface area (Å²) in [6.45, 7) is 52.3. The second-order valence-corrected chi connectivity index (χ2v) is 55.2. The molecule has 18 nitrogen and oxygen atoms in total. The Balaban J connectivity index is 0.000000532. The first-order chi connectivity index (χ1) is 56.9.